The Morgan fingerprint density at radius 2 is 1.19 bits per heavy atom. The second-order valence-corrected chi connectivity index (χ2v) is 8.31. The quantitative estimate of drug-likeness (QED) is 0.534. The second kappa shape index (κ2) is 6.99. The standard InChI is InChI=1S/C12H6Br4O4S/c13-7-1-5(2-8(14)11(7)17)20-21(19)6-3-9(15)12(18)10(16)4-6/h1-4,17-18H. The van der Waals surface area contributed by atoms with Crippen molar-refractivity contribution in [2.45, 2.75) is 4.90 Å². The minimum atomic E-state index is -1.78. The van der Waals surface area contributed by atoms with Gasteiger partial charge >= 0.3 is 0 Å². The van der Waals surface area contributed by atoms with Gasteiger partial charge in [-0.25, -0.2) is 4.21 Å². The van der Waals surface area contributed by atoms with Crippen LogP contribution in [0.2, 0.25) is 0 Å². The topological polar surface area (TPSA) is 66.8 Å². The average molecular weight is 566 g/mol. The fourth-order valence-corrected chi connectivity index (χ4v) is 4.79. The minimum absolute atomic E-state index is 0.0193. The molecule has 0 spiro atoms. The van der Waals surface area contributed by atoms with E-state index in [9.17, 15) is 14.4 Å². The lowest BCUT2D eigenvalue weighted by atomic mass is 10.3. The number of benzene rings is 2. The van der Waals surface area contributed by atoms with E-state index in [2.05, 4.69) is 63.7 Å². The number of aromatic hydroxyl groups is 2. The first-order valence-electron chi connectivity index (χ1n) is 5.25. The van der Waals surface area contributed by atoms with Crippen LogP contribution in [0, 0.1) is 0 Å². The van der Waals surface area contributed by atoms with Crippen LogP contribution in [0.5, 0.6) is 17.2 Å². The molecule has 2 aromatic rings. The Kier molecular flexibility index (Phi) is 5.75. The van der Waals surface area contributed by atoms with Crippen molar-refractivity contribution < 1.29 is 18.6 Å². The zero-order chi connectivity index (χ0) is 15.7. The SMILES string of the molecule is O=S(Oc1cc(Br)c(O)c(Br)c1)c1cc(Br)c(O)c(Br)c1. The molecule has 0 aliphatic rings. The van der Waals surface area contributed by atoms with E-state index in [0.717, 1.165) is 0 Å². The molecule has 9 heteroatoms. The van der Waals surface area contributed by atoms with Crippen molar-refractivity contribution in [3.63, 3.8) is 0 Å². The first kappa shape index (κ1) is 17.3. The molecule has 0 saturated carbocycles. The third kappa shape index (κ3) is 4.01. The molecule has 0 aliphatic carbocycles. The lowest BCUT2D eigenvalue weighted by Crippen LogP contribution is -2.01. The van der Waals surface area contributed by atoms with Crippen LogP contribution >= 0.6 is 63.7 Å². The Balaban J connectivity index is 2.30. The molecule has 1 unspecified atom stereocenters. The predicted octanol–water partition coefficient (Wildman–Crippen LogP) is 5.25. The zero-order valence-electron chi connectivity index (χ0n) is 9.94. The zero-order valence-corrected chi connectivity index (χ0v) is 17.1. The van der Waals surface area contributed by atoms with Crippen LogP contribution in [0.4, 0.5) is 0 Å². The number of rotatable bonds is 3. The molecule has 2 rings (SSSR count). The lowest BCUT2D eigenvalue weighted by Gasteiger charge is -2.09. The molecule has 2 N–H and O–H groups in total. The van der Waals surface area contributed by atoms with E-state index in [4.69, 9.17) is 4.18 Å². The maximum absolute atomic E-state index is 12.2. The maximum atomic E-state index is 12.2. The van der Waals surface area contributed by atoms with Gasteiger partial charge in [-0.3, -0.25) is 0 Å². The number of phenolic OH excluding ortho intramolecular Hbond substituents is 2. The molecule has 0 aliphatic heterocycles. The molecule has 0 amide bonds. The summed E-state index contributed by atoms with van der Waals surface area (Å²) in [7, 11) is 0. The van der Waals surface area contributed by atoms with Crippen LogP contribution in [-0.4, -0.2) is 14.4 Å². The molecule has 0 bridgehead atoms. The first-order chi connectivity index (χ1) is 9.79. The number of phenols is 2. The Bertz CT molecular complexity index is 689. The van der Waals surface area contributed by atoms with Crippen LogP contribution in [0.15, 0.2) is 47.1 Å². The van der Waals surface area contributed by atoms with Gasteiger partial charge in [-0.1, -0.05) is 0 Å². The van der Waals surface area contributed by atoms with Gasteiger partial charge in [-0.15, -0.1) is 0 Å². The van der Waals surface area contributed by atoms with Gasteiger partial charge in [-0.2, -0.15) is 0 Å². The van der Waals surface area contributed by atoms with Crippen LogP contribution in [0.3, 0.4) is 0 Å². The number of halogens is 4. The van der Waals surface area contributed by atoms with E-state index in [1.165, 1.54) is 24.3 Å². The highest BCUT2D eigenvalue weighted by atomic mass is 79.9. The third-order valence-corrected chi connectivity index (χ3v) is 5.73. The fourth-order valence-electron chi connectivity index (χ4n) is 1.36. The summed E-state index contributed by atoms with van der Waals surface area (Å²) in [6, 6.07) is 6.01. The molecule has 2 aromatic carbocycles. The molecular weight excluding hydrogens is 560 g/mol. The summed E-state index contributed by atoms with van der Waals surface area (Å²) in [4.78, 5) is 0.367. The summed E-state index contributed by atoms with van der Waals surface area (Å²) < 4.78 is 19.2. The van der Waals surface area contributed by atoms with E-state index in [1.807, 2.05) is 0 Å². The van der Waals surface area contributed by atoms with Crippen molar-refractivity contribution in [1.82, 2.24) is 0 Å². The third-order valence-electron chi connectivity index (χ3n) is 2.35. The van der Waals surface area contributed by atoms with E-state index in [1.54, 1.807) is 0 Å². The Morgan fingerprint density at radius 3 is 1.62 bits per heavy atom. The molecule has 0 saturated heterocycles. The number of hydrogen-bond donors (Lipinski definition) is 2. The molecule has 0 radical (unpaired) electrons. The fraction of sp³-hybridized carbons (Fsp3) is 0. The Labute approximate surface area is 156 Å². The summed E-state index contributed by atoms with van der Waals surface area (Å²) in [6.45, 7) is 0. The Morgan fingerprint density at radius 1 is 0.810 bits per heavy atom. The van der Waals surface area contributed by atoms with Gasteiger partial charge in [0.1, 0.15) is 17.2 Å². The van der Waals surface area contributed by atoms with Crippen molar-refractivity contribution in [2.75, 3.05) is 0 Å². The predicted molar refractivity (Wildman–Crippen MR) is 94.1 cm³/mol. The molecule has 112 valence electrons. The van der Waals surface area contributed by atoms with Gasteiger partial charge in [0.15, 0.2) is 0 Å². The summed E-state index contributed by atoms with van der Waals surface area (Å²) in [5.74, 6) is 0.360. The highest BCUT2D eigenvalue weighted by Crippen LogP contribution is 2.38. The Hall–Kier alpha value is -0.0900. The van der Waals surface area contributed by atoms with Crippen molar-refractivity contribution in [3.05, 3.63) is 42.2 Å². The molecular formula is C12H6Br4O4S. The van der Waals surface area contributed by atoms with Gasteiger partial charge in [-0.05, 0) is 88.0 Å². The van der Waals surface area contributed by atoms with E-state index < -0.39 is 11.1 Å². The van der Waals surface area contributed by atoms with Crippen LogP contribution in [-0.2, 0) is 11.1 Å². The van der Waals surface area contributed by atoms with Crippen LogP contribution in [0.1, 0.15) is 0 Å². The van der Waals surface area contributed by atoms with Gasteiger partial charge in [0.2, 0.25) is 11.1 Å². The van der Waals surface area contributed by atoms with Crippen LogP contribution < -0.4 is 4.18 Å². The van der Waals surface area contributed by atoms with Gasteiger partial charge in [0, 0.05) is 0 Å². The van der Waals surface area contributed by atoms with Crippen molar-refractivity contribution in [2.24, 2.45) is 0 Å². The van der Waals surface area contributed by atoms with E-state index in [-0.39, 0.29) is 11.5 Å². The van der Waals surface area contributed by atoms with E-state index in [0.29, 0.717) is 28.5 Å². The largest absolute Gasteiger partial charge is 0.506 e. The molecule has 0 aromatic heterocycles. The maximum Gasteiger partial charge on any atom is 0.240 e. The van der Waals surface area contributed by atoms with Gasteiger partial charge < -0.3 is 14.4 Å². The monoisotopic (exact) mass is 562 g/mol. The number of hydrogen-bond acceptors (Lipinski definition) is 4. The molecule has 0 heterocycles. The first-order valence-corrected chi connectivity index (χ1v) is 9.50. The summed E-state index contributed by atoms with van der Waals surface area (Å²) in [6.07, 6.45) is 0. The second-order valence-electron chi connectivity index (χ2n) is 3.79. The molecule has 0 fully saturated rings. The highest BCUT2D eigenvalue weighted by Gasteiger charge is 2.14. The summed E-state index contributed by atoms with van der Waals surface area (Å²) in [5.41, 5.74) is 0. The van der Waals surface area contributed by atoms with Crippen LogP contribution in [0.25, 0.3) is 0 Å². The summed E-state index contributed by atoms with van der Waals surface area (Å²) >= 11 is 10.9. The average Bonchev–Trinajstić information content (AvgIpc) is 2.41. The molecule has 1 atom stereocenters. The summed E-state index contributed by atoms with van der Waals surface area (Å²) in [5, 5.41) is 19.3. The minimum Gasteiger partial charge on any atom is -0.506 e. The highest BCUT2D eigenvalue weighted by molar-refractivity contribution is 9.11. The van der Waals surface area contributed by atoms with E-state index >= 15 is 0 Å². The van der Waals surface area contributed by atoms with Crippen molar-refractivity contribution in [3.8, 4) is 17.2 Å². The lowest BCUT2D eigenvalue weighted by molar-refractivity contribution is 0.465. The molecule has 21 heavy (non-hydrogen) atoms. The van der Waals surface area contributed by atoms with Crippen molar-refractivity contribution in [1.29, 1.82) is 0 Å². The molecule has 4 nitrogen and oxygen atoms in total. The van der Waals surface area contributed by atoms with Gasteiger partial charge in [0.25, 0.3) is 0 Å². The van der Waals surface area contributed by atoms with Gasteiger partial charge in [0.05, 0.1) is 22.8 Å². The smallest absolute Gasteiger partial charge is 0.240 e. The van der Waals surface area contributed by atoms with Crippen molar-refractivity contribution >= 4 is 74.8 Å². The normalized spacial score (nSPS) is 12.2.